The van der Waals surface area contributed by atoms with Gasteiger partial charge in [0.2, 0.25) is 0 Å². The molecule has 31 heavy (non-hydrogen) atoms. The van der Waals surface area contributed by atoms with Crippen LogP contribution in [-0.2, 0) is 13.1 Å². The van der Waals surface area contributed by atoms with Crippen molar-refractivity contribution in [3.05, 3.63) is 90.5 Å². The monoisotopic (exact) mass is 414 g/mol. The summed E-state index contributed by atoms with van der Waals surface area (Å²) in [5, 5.41) is 0. The fraction of sp³-hybridized carbons (Fsp3) is 0.240. The first-order chi connectivity index (χ1) is 15.2. The third-order valence-corrected chi connectivity index (χ3v) is 5.13. The molecule has 6 nitrogen and oxygen atoms in total. The molecule has 0 fully saturated rings. The van der Waals surface area contributed by atoms with E-state index in [1.54, 1.807) is 30.3 Å². The lowest BCUT2D eigenvalue weighted by molar-refractivity contribution is 0.0774. The number of para-hydroxylation sites is 3. The third-order valence-electron chi connectivity index (χ3n) is 5.13. The molecule has 1 amide bonds. The van der Waals surface area contributed by atoms with Gasteiger partial charge < -0.3 is 14.2 Å². The van der Waals surface area contributed by atoms with Crippen molar-refractivity contribution in [1.29, 1.82) is 0 Å². The number of rotatable bonds is 9. The summed E-state index contributed by atoms with van der Waals surface area (Å²) in [6.07, 6.45) is 3.52. The van der Waals surface area contributed by atoms with Gasteiger partial charge in [0.05, 0.1) is 24.2 Å². The van der Waals surface area contributed by atoms with Crippen molar-refractivity contribution in [1.82, 2.24) is 19.4 Å². The molecule has 0 aliphatic rings. The normalized spacial score (nSPS) is 10.9. The predicted octanol–water partition coefficient (Wildman–Crippen LogP) is 4.56. The second-order valence-corrected chi connectivity index (χ2v) is 7.41. The second kappa shape index (κ2) is 9.89. The topological polar surface area (TPSA) is 60.2 Å². The Kier molecular flexibility index (Phi) is 6.57. The van der Waals surface area contributed by atoms with E-state index in [9.17, 15) is 4.79 Å². The third kappa shape index (κ3) is 5.09. The van der Waals surface area contributed by atoms with Crippen LogP contribution in [0.3, 0.4) is 0 Å². The number of nitrogens with zero attached hydrogens (tertiary/aromatic N) is 4. The molecule has 4 aromatic rings. The Bertz CT molecular complexity index is 1130. The number of aromatic nitrogens is 3. The average Bonchev–Trinajstić information content (AvgIpc) is 3.16. The molecule has 0 N–H and O–H groups in total. The van der Waals surface area contributed by atoms with Crippen molar-refractivity contribution in [2.75, 3.05) is 13.7 Å². The number of carbonyl (C=O) groups excluding carboxylic acids is 1. The molecule has 0 aliphatic carbocycles. The number of carbonyl (C=O) groups is 1. The highest BCUT2D eigenvalue weighted by molar-refractivity contribution is 5.92. The fourth-order valence-corrected chi connectivity index (χ4v) is 3.54. The molecule has 0 radical (unpaired) electrons. The molecule has 0 aliphatic heterocycles. The van der Waals surface area contributed by atoms with Gasteiger partial charge >= 0.3 is 0 Å². The van der Waals surface area contributed by atoms with Crippen LogP contribution in [0.2, 0.25) is 0 Å². The van der Waals surface area contributed by atoms with Crippen LogP contribution >= 0.6 is 0 Å². The molecule has 4 rings (SSSR count). The number of benzene rings is 2. The van der Waals surface area contributed by atoms with Crippen molar-refractivity contribution in [3.63, 3.8) is 0 Å². The van der Waals surface area contributed by atoms with E-state index in [4.69, 9.17) is 9.72 Å². The first kappa shape index (κ1) is 20.6. The van der Waals surface area contributed by atoms with E-state index in [1.165, 1.54) is 0 Å². The minimum atomic E-state index is -0.115. The van der Waals surface area contributed by atoms with Gasteiger partial charge in [-0.1, -0.05) is 36.4 Å². The highest BCUT2D eigenvalue weighted by Crippen LogP contribution is 2.19. The van der Waals surface area contributed by atoms with E-state index in [-0.39, 0.29) is 5.91 Å². The van der Waals surface area contributed by atoms with Crippen molar-refractivity contribution < 1.29 is 9.53 Å². The summed E-state index contributed by atoms with van der Waals surface area (Å²) < 4.78 is 8.01. The highest BCUT2D eigenvalue weighted by atomic mass is 16.5. The number of ether oxygens (including phenoxy) is 1. The largest absolute Gasteiger partial charge is 0.494 e. The van der Waals surface area contributed by atoms with Gasteiger partial charge in [-0.25, -0.2) is 4.98 Å². The minimum absolute atomic E-state index is 0.115. The van der Waals surface area contributed by atoms with E-state index >= 15 is 0 Å². The van der Waals surface area contributed by atoms with Crippen molar-refractivity contribution in [3.8, 4) is 5.75 Å². The van der Waals surface area contributed by atoms with Crippen LogP contribution in [-0.4, -0.2) is 39.0 Å². The SMILES string of the molecule is CN(Cc1nc2ccccc2n1CCCCOc1ccccc1)C(=O)c1ccccn1. The van der Waals surface area contributed by atoms with Crippen molar-refractivity contribution in [2.24, 2.45) is 0 Å². The maximum Gasteiger partial charge on any atom is 0.272 e. The lowest BCUT2D eigenvalue weighted by Gasteiger charge is -2.17. The molecule has 0 unspecified atom stereocenters. The standard InChI is InChI=1S/C25H26N4O2/c1-28(25(30)22-14-7-8-16-26-22)19-24-27-21-13-5-6-15-23(21)29(24)17-9-10-18-31-20-11-3-2-4-12-20/h2-8,11-16H,9-10,17-19H2,1H3. The lowest BCUT2D eigenvalue weighted by atomic mass is 10.3. The first-order valence-corrected chi connectivity index (χ1v) is 10.5. The van der Waals surface area contributed by atoms with Gasteiger partial charge in [0.1, 0.15) is 17.3 Å². The average molecular weight is 415 g/mol. The number of hydrogen-bond acceptors (Lipinski definition) is 4. The Morgan fingerprint density at radius 2 is 1.74 bits per heavy atom. The number of unbranched alkanes of at least 4 members (excludes halogenated alkanes) is 1. The number of aryl methyl sites for hydroxylation is 1. The summed E-state index contributed by atoms with van der Waals surface area (Å²) in [4.78, 5) is 23.3. The summed E-state index contributed by atoms with van der Waals surface area (Å²) >= 11 is 0. The van der Waals surface area contributed by atoms with Crippen LogP contribution in [0.4, 0.5) is 0 Å². The van der Waals surface area contributed by atoms with Crippen LogP contribution in [0.5, 0.6) is 5.75 Å². The molecular weight excluding hydrogens is 388 g/mol. The molecule has 0 bridgehead atoms. The van der Waals surface area contributed by atoms with E-state index in [1.807, 2.05) is 54.6 Å². The number of pyridine rings is 1. The van der Waals surface area contributed by atoms with Gasteiger partial charge in [-0.15, -0.1) is 0 Å². The maximum atomic E-state index is 12.7. The zero-order valence-corrected chi connectivity index (χ0v) is 17.6. The Morgan fingerprint density at radius 1 is 0.968 bits per heavy atom. The van der Waals surface area contributed by atoms with Crippen molar-refractivity contribution in [2.45, 2.75) is 25.9 Å². The Morgan fingerprint density at radius 3 is 2.55 bits per heavy atom. The Hall–Kier alpha value is -3.67. The zero-order chi connectivity index (χ0) is 21.5. The molecule has 2 aromatic carbocycles. The zero-order valence-electron chi connectivity index (χ0n) is 17.6. The second-order valence-electron chi connectivity index (χ2n) is 7.41. The van der Waals surface area contributed by atoms with Crippen LogP contribution in [0.25, 0.3) is 11.0 Å². The van der Waals surface area contributed by atoms with E-state index in [0.29, 0.717) is 18.8 Å². The fourth-order valence-electron chi connectivity index (χ4n) is 3.54. The summed E-state index contributed by atoms with van der Waals surface area (Å²) in [6.45, 7) is 1.91. The molecule has 2 heterocycles. The van der Waals surface area contributed by atoms with E-state index in [0.717, 1.165) is 42.0 Å². The first-order valence-electron chi connectivity index (χ1n) is 10.5. The highest BCUT2D eigenvalue weighted by Gasteiger charge is 2.17. The van der Waals surface area contributed by atoms with Gasteiger partial charge in [0, 0.05) is 19.8 Å². The number of fused-ring (bicyclic) bond motifs is 1. The predicted molar refractivity (Wildman–Crippen MR) is 121 cm³/mol. The molecular formula is C25H26N4O2. The quantitative estimate of drug-likeness (QED) is 0.377. The molecule has 6 heteroatoms. The van der Waals surface area contributed by atoms with Gasteiger partial charge in [-0.3, -0.25) is 9.78 Å². The summed E-state index contributed by atoms with van der Waals surface area (Å²) in [6, 6.07) is 23.3. The van der Waals surface area contributed by atoms with Crippen molar-refractivity contribution >= 4 is 16.9 Å². The van der Waals surface area contributed by atoms with Gasteiger partial charge in [0.15, 0.2) is 0 Å². The molecule has 0 saturated carbocycles. The van der Waals surface area contributed by atoms with Gasteiger partial charge in [-0.2, -0.15) is 0 Å². The van der Waals surface area contributed by atoms with Crippen LogP contribution in [0, 0.1) is 0 Å². The molecule has 2 aromatic heterocycles. The maximum absolute atomic E-state index is 12.7. The van der Waals surface area contributed by atoms with Crippen LogP contribution in [0.15, 0.2) is 79.0 Å². The Balaban J connectivity index is 1.42. The van der Waals surface area contributed by atoms with Crippen LogP contribution < -0.4 is 4.74 Å². The number of amides is 1. The lowest BCUT2D eigenvalue weighted by Crippen LogP contribution is -2.28. The number of imidazole rings is 1. The smallest absolute Gasteiger partial charge is 0.272 e. The minimum Gasteiger partial charge on any atom is -0.494 e. The van der Waals surface area contributed by atoms with E-state index in [2.05, 4.69) is 15.6 Å². The Labute approximate surface area is 182 Å². The molecule has 0 saturated heterocycles. The van der Waals surface area contributed by atoms with Gasteiger partial charge in [0.25, 0.3) is 5.91 Å². The number of hydrogen-bond donors (Lipinski definition) is 0. The van der Waals surface area contributed by atoms with Crippen LogP contribution in [0.1, 0.15) is 29.2 Å². The summed E-state index contributed by atoms with van der Waals surface area (Å²) in [5.74, 6) is 1.65. The van der Waals surface area contributed by atoms with E-state index < -0.39 is 0 Å². The summed E-state index contributed by atoms with van der Waals surface area (Å²) in [7, 11) is 1.79. The molecule has 0 atom stereocenters. The van der Waals surface area contributed by atoms with Gasteiger partial charge in [-0.05, 0) is 49.2 Å². The molecule has 158 valence electrons. The molecule has 0 spiro atoms. The summed E-state index contributed by atoms with van der Waals surface area (Å²) in [5.41, 5.74) is 2.46.